The first-order valence-corrected chi connectivity index (χ1v) is 10.4. The quantitative estimate of drug-likeness (QED) is 0.496. The van der Waals surface area contributed by atoms with E-state index in [4.69, 9.17) is 18.1 Å². The summed E-state index contributed by atoms with van der Waals surface area (Å²) < 4.78 is 46.3. The molecule has 0 saturated carbocycles. The Morgan fingerprint density at radius 2 is 0.773 bits per heavy atom. The van der Waals surface area contributed by atoms with E-state index in [-0.39, 0.29) is 0 Å². The average molecular weight is 358 g/mol. The molecule has 0 spiro atoms. The Kier molecular flexibility index (Phi) is 8.71. The molecule has 0 heterocycles. The van der Waals surface area contributed by atoms with Gasteiger partial charge in [-0.05, 0) is 55.4 Å². The van der Waals surface area contributed by atoms with Crippen LogP contribution in [0.2, 0.25) is 0 Å². The summed E-state index contributed by atoms with van der Waals surface area (Å²) in [6.45, 7) is 12.8. The lowest BCUT2D eigenvalue weighted by Crippen LogP contribution is -2.18. The zero-order chi connectivity index (χ0) is 17.7. The summed E-state index contributed by atoms with van der Waals surface area (Å²) in [5.41, 5.74) is 0. The Bertz CT molecular complexity index is 389. The standard InChI is InChI=1S/C13H28O7P2/c1-9(2)17-21(15,18-10(3)4)13(14)22(16,19-11(5)6)20-12(7)8/h9-12H,1-8H3. The Morgan fingerprint density at radius 3 is 0.909 bits per heavy atom. The van der Waals surface area contributed by atoms with E-state index in [0.29, 0.717) is 0 Å². The van der Waals surface area contributed by atoms with Crippen LogP contribution in [0.25, 0.3) is 0 Å². The molecule has 0 aliphatic heterocycles. The Morgan fingerprint density at radius 1 is 0.591 bits per heavy atom. The molecule has 0 saturated heterocycles. The van der Waals surface area contributed by atoms with Crippen LogP contribution in [-0.2, 0) is 27.2 Å². The van der Waals surface area contributed by atoms with E-state index in [1.165, 1.54) is 0 Å². The van der Waals surface area contributed by atoms with Crippen molar-refractivity contribution in [1.82, 2.24) is 0 Å². The molecule has 0 aromatic rings. The molecule has 0 aromatic heterocycles. The maximum absolute atomic E-state index is 12.8. The van der Waals surface area contributed by atoms with Gasteiger partial charge in [-0.15, -0.1) is 0 Å². The van der Waals surface area contributed by atoms with Crippen molar-refractivity contribution in [2.45, 2.75) is 79.8 Å². The lowest BCUT2D eigenvalue weighted by Gasteiger charge is -2.26. The summed E-state index contributed by atoms with van der Waals surface area (Å²) in [4.78, 5) is 12.6. The average Bonchev–Trinajstić information content (AvgIpc) is 2.22. The van der Waals surface area contributed by atoms with Gasteiger partial charge in [0.1, 0.15) is 0 Å². The van der Waals surface area contributed by atoms with Crippen LogP contribution < -0.4 is 0 Å². The molecule has 0 radical (unpaired) electrons. The monoisotopic (exact) mass is 358 g/mol. The fourth-order valence-electron chi connectivity index (χ4n) is 1.49. The second-order valence-corrected chi connectivity index (χ2v) is 9.89. The zero-order valence-corrected chi connectivity index (χ0v) is 16.4. The number of hydrogen-bond acceptors (Lipinski definition) is 7. The van der Waals surface area contributed by atoms with Crippen molar-refractivity contribution in [3.63, 3.8) is 0 Å². The minimum absolute atomic E-state index is 0.555. The third kappa shape index (κ3) is 7.03. The van der Waals surface area contributed by atoms with E-state index >= 15 is 0 Å². The minimum atomic E-state index is -4.31. The highest BCUT2D eigenvalue weighted by atomic mass is 31.2. The molecular formula is C13H28O7P2. The van der Waals surface area contributed by atoms with Crippen molar-refractivity contribution in [2.75, 3.05) is 0 Å². The molecule has 0 rings (SSSR count). The van der Waals surface area contributed by atoms with E-state index in [1.54, 1.807) is 55.4 Å². The lowest BCUT2D eigenvalue weighted by molar-refractivity contribution is 0.134. The summed E-state index contributed by atoms with van der Waals surface area (Å²) in [7, 11) is -8.62. The Hall–Kier alpha value is -0.0300. The molecule has 7 nitrogen and oxygen atoms in total. The molecule has 0 N–H and O–H groups in total. The highest BCUT2D eigenvalue weighted by Gasteiger charge is 2.52. The maximum Gasteiger partial charge on any atom is 0.410 e. The van der Waals surface area contributed by atoms with Crippen LogP contribution in [0, 0.1) is 0 Å². The molecule has 9 heteroatoms. The van der Waals surface area contributed by atoms with Crippen LogP contribution >= 0.6 is 15.2 Å². The van der Waals surface area contributed by atoms with Gasteiger partial charge in [-0.2, -0.15) is 0 Å². The third-order valence-corrected chi connectivity index (χ3v) is 7.07. The van der Waals surface area contributed by atoms with Gasteiger partial charge in [0, 0.05) is 0 Å². The molecule has 0 fully saturated rings. The van der Waals surface area contributed by atoms with Crippen molar-refractivity contribution in [1.29, 1.82) is 0 Å². The van der Waals surface area contributed by atoms with Gasteiger partial charge in [0.15, 0.2) is 0 Å². The van der Waals surface area contributed by atoms with Crippen LogP contribution in [0.5, 0.6) is 0 Å². The molecule has 0 amide bonds. The summed E-state index contributed by atoms with van der Waals surface area (Å²) in [5.74, 6) is 0. The Balaban J connectivity index is 5.71. The molecule has 0 atom stereocenters. The largest absolute Gasteiger partial charge is 0.410 e. The SMILES string of the molecule is CC(C)OP(=O)(OC(C)C)C(=O)P(=O)(OC(C)C)OC(C)C. The fourth-order valence-corrected chi connectivity index (χ4v) is 5.94. The van der Waals surface area contributed by atoms with Crippen LogP contribution in [0.3, 0.4) is 0 Å². The second kappa shape index (κ2) is 8.72. The first-order valence-electron chi connectivity index (χ1n) is 7.31. The van der Waals surface area contributed by atoms with Crippen LogP contribution in [0.4, 0.5) is 4.79 Å². The number of hydrogen-bond donors (Lipinski definition) is 0. The van der Waals surface area contributed by atoms with Crippen molar-refractivity contribution < 1.29 is 32.0 Å². The molecule has 0 aliphatic carbocycles. The summed E-state index contributed by atoms with van der Waals surface area (Å²) >= 11 is 0. The van der Waals surface area contributed by atoms with Gasteiger partial charge < -0.3 is 0 Å². The molecule has 22 heavy (non-hydrogen) atoms. The number of carbonyl (C=O) groups excluding carboxylic acids is 1. The fraction of sp³-hybridized carbons (Fsp3) is 0.923. The molecule has 0 bridgehead atoms. The van der Waals surface area contributed by atoms with E-state index in [2.05, 4.69) is 0 Å². The van der Waals surface area contributed by atoms with E-state index in [9.17, 15) is 13.9 Å². The summed E-state index contributed by atoms with van der Waals surface area (Å²) in [5, 5.41) is -1.26. The first kappa shape index (κ1) is 22.0. The number of rotatable bonds is 10. The molecule has 132 valence electrons. The van der Waals surface area contributed by atoms with E-state index < -0.39 is 44.9 Å². The van der Waals surface area contributed by atoms with Gasteiger partial charge in [-0.3, -0.25) is 32.0 Å². The predicted octanol–water partition coefficient (Wildman–Crippen LogP) is 5.19. The van der Waals surface area contributed by atoms with Crippen molar-refractivity contribution in [3.05, 3.63) is 0 Å². The normalized spacial score (nSPS) is 13.6. The van der Waals surface area contributed by atoms with Crippen LogP contribution in [0.1, 0.15) is 55.4 Å². The van der Waals surface area contributed by atoms with Crippen molar-refractivity contribution >= 4 is 20.5 Å². The molecule has 0 aromatic carbocycles. The van der Waals surface area contributed by atoms with Gasteiger partial charge in [-0.1, -0.05) is 0 Å². The molecule has 0 unspecified atom stereocenters. The van der Waals surface area contributed by atoms with Gasteiger partial charge >= 0.3 is 20.5 Å². The highest BCUT2D eigenvalue weighted by Crippen LogP contribution is 2.67. The van der Waals surface area contributed by atoms with Gasteiger partial charge in [0.05, 0.1) is 24.4 Å². The lowest BCUT2D eigenvalue weighted by atomic mass is 10.5. The second-order valence-electron chi connectivity index (χ2n) is 5.89. The van der Waals surface area contributed by atoms with Crippen LogP contribution in [-0.4, -0.2) is 29.7 Å². The predicted molar refractivity (Wildman–Crippen MR) is 85.5 cm³/mol. The summed E-state index contributed by atoms with van der Waals surface area (Å²) in [6.07, 6.45) is -2.22. The zero-order valence-electron chi connectivity index (χ0n) is 14.6. The minimum Gasteiger partial charge on any atom is -0.300 e. The highest BCUT2D eigenvalue weighted by molar-refractivity contribution is 7.98. The van der Waals surface area contributed by atoms with Crippen molar-refractivity contribution in [3.8, 4) is 0 Å². The van der Waals surface area contributed by atoms with E-state index in [0.717, 1.165) is 0 Å². The molecule has 0 aliphatic rings. The first-order chi connectivity index (χ1) is 9.82. The third-order valence-electron chi connectivity index (χ3n) is 1.87. The topological polar surface area (TPSA) is 88.1 Å². The summed E-state index contributed by atoms with van der Waals surface area (Å²) in [6, 6.07) is 0. The smallest absolute Gasteiger partial charge is 0.300 e. The van der Waals surface area contributed by atoms with E-state index in [1.807, 2.05) is 0 Å². The Labute approximate surface area is 133 Å². The molecular weight excluding hydrogens is 330 g/mol. The number of carbonyl (C=O) groups is 1. The van der Waals surface area contributed by atoms with Gasteiger partial charge in [0.2, 0.25) is 0 Å². The maximum atomic E-state index is 12.8. The van der Waals surface area contributed by atoms with Crippen molar-refractivity contribution in [2.24, 2.45) is 0 Å². The van der Waals surface area contributed by atoms with Gasteiger partial charge in [-0.25, -0.2) is 0 Å². The van der Waals surface area contributed by atoms with Gasteiger partial charge in [0.25, 0.3) is 0 Å². The van der Waals surface area contributed by atoms with Crippen LogP contribution in [0.15, 0.2) is 0 Å².